The molecule has 0 unspecified atom stereocenters. The lowest BCUT2D eigenvalue weighted by molar-refractivity contribution is 0.0915. The lowest BCUT2D eigenvalue weighted by atomic mass is 9.78. The number of aromatic nitrogens is 2. The molecule has 0 fully saturated rings. The molecular formula is C15H18N4O3S. The highest BCUT2D eigenvalue weighted by Gasteiger charge is 2.34. The molecule has 1 aliphatic rings. The van der Waals surface area contributed by atoms with Crippen molar-refractivity contribution in [3.05, 3.63) is 22.5 Å². The second-order valence-corrected chi connectivity index (χ2v) is 7.59. The summed E-state index contributed by atoms with van der Waals surface area (Å²) in [6.07, 6.45) is 2.60. The molecule has 0 aromatic carbocycles. The van der Waals surface area contributed by atoms with Gasteiger partial charge in [-0.2, -0.15) is 0 Å². The summed E-state index contributed by atoms with van der Waals surface area (Å²) in [4.78, 5) is 35.1. The molecule has 1 aliphatic carbocycles. The van der Waals surface area contributed by atoms with E-state index < -0.39 is 5.91 Å². The largest absolute Gasteiger partial charge is 0.418 e. The molecular weight excluding hydrogens is 316 g/mol. The van der Waals surface area contributed by atoms with E-state index in [-0.39, 0.29) is 17.0 Å². The number of oxazole rings is 1. The summed E-state index contributed by atoms with van der Waals surface area (Å²) < 4.78 is 5.35. The van der Waals surface area contributed by atoms with Crippen molar-refractivity contribution in [3.63, 3.8) is 0 Å². The van der Waals surface area contributed by atoms with Crippen LogP contribution in [0, 0.1) is 5.41 Å². The number of rotatable bonds is 3. The van der Waals surface area contributed by atoms with E-state index in [1.165, 1.54) is 17.5 Å². The van der Waals surface area contributed by atoms with Crippen LogP contribution >= 0.6 is 11.3 Å². The Morgan fingerprint density at radius 1 is 1.39 bits per heavy atom. The van der Waals surface area contributed by atoms with Crippen molar-refractivity contribution in [2.75, 3.05) is 24.3 Å². The normalized spacial score (nSPS) is 16.1. The Morgan fingerprint density at radius 2 is 2.13 bits per heavy atom. The standard InChI is InChI=1S/C15H18N4O3S/c1-15(2)5-8-11(9(20)6-15)23-13(17-8)18-12(21)10-7-16-14(22-10)19(3)4/h7H,5-6H2,1-4H3,(H,17,18,21). The molecule has 3 rings (SSSR count). The molecule has 7 nitrogen and oxygen atoms in total. The number of carbonyl (C=O) groups is 2. The fourth-order valence-corrected chi connectivity index (χ4v) is 3.42. The zero-order valence-electron chi connectivity index (χ0n) is 13.5. The quantitative estimate of drug-likeness (QED) is 0.928. The molecule has 0 bridgehead atoms. The van der Waals surface area contributed by atoms with E-state index in [9.17, 15) is 9.59 Å². The van der Waals surface area contributed by atoms with Crippen LogP contribution in [-0.4, -0.2) is 35.8 Å². The fraction of sp³-hybridized carbons (Fsp3) is 0.467. The predicted octanol–water partition coefficient (Wildman–Crippen LogP) is 2.60. The molecule has 0 atom stereocenters. The van der Waals surface area contributed by atoms with Gasteiger partial charge in [0.15, 0.2) is 10.9 Å². The van der Waals surface area contributed by atoms with Crippen LogP contribution in [0.4, 0.5) is 11.1 Å². The van der Waals surface area contributed by atoms with Crippen LogP contribution in [0.5, 0.6) is 0 Å². The first-order valence-electron chi connectivity index (χ1n) is 7.22. The Labute approximate surface area is 137 Å². The van der Waals surface area contributed by atoms with Crippen molar-refractivity contribution in [1.82, 2.24) is 9.97 Å². The van der Waals surface area contributed by atoms with Gasteiger partial charge < -0.3 is 9.32 Å². The van der Waals surface area contributed by atoms with Crippen LogP contribution < -0.4 is 10.2 Å². The second-order valence-electron chi connectivity index (χ2n) is 6.59. The number of fused-ring (bicyclic) bond motifs is 1. The molecule has 0 aliphatic heterocycles. The Balaban J connectivity index is 1.79. The summed E-state index contributed by atoms with van der Waals surface area (Å²) in [7, 11) is 3.55. The average Bonchev–Trinajstić information content (AvgIpc) is 3.03. The Kier molecular flexibility index (Phi) is 3.71. The third-order valence-electron chi connectivity index (χ3n) is 3.56. The van der Waals surface area contributed by atoms with Crippen molar-refractivity contribution in [1.29, 1.82) is 0 Å². The molecule has 122 valence electrons. The van der Waals surface area contributed by atoms with E-state index in [0.717, 1.165) is 12.1 Å². The first kappa shape index (κ1) is 15.7. The Hall–Kier alpha value is -2.22. The minimum atomic E-state index is -0.427. The Bertz CT molecular complexity index is 776. The predicted molar refractivity (Wildman–Crippen MR) is 87.3 cm³/mol. The molecule has 1 N–H and O–H groups in total. The van der Waals surface area contributed by atoms with Crippen molar-refractivity contribution in [3.8, 4) is 0 Å². The molecule has 2 aromatic rings. The van der Waals surface area contributed by atoms with E-state index in [2.05, 4.69) is 15.3 Å². The summed E-state index contributed by atoms with van der Waals surface area (Å²) in [5.41, 5.74) is 0.670. The number of hydrogen-bond donors (Lipinski definition) is 1. The zero-order chi connectivity index (χ0) is 16.8. The van der Waals surface area contributed by atoms with Crippen LogP contribution in [0.1, 0.15) is 46.2 Å². The number of nitrogens with zero attached hydrogens (tertiary/aromatic N) is 3. The lowest BCUT2D eigenvalue weighted by Crippen LogP contribution is -2.26. The van der Waals surface area contributed by atoms with Crippen molar-refractivity contribution in [2.45, 2.75) is 26.7 Å². The SMILES string of the molecule is CN(C)c1ncc(C(=O)Nc2nc3c(s2)C(=O)CC(C)(C)C3)o1. The molecule has 8 heteroatoms. The number of thiazole rings is 1. The zero-order valence-corrected chi connectivity index (χ0v) is 14.3. The molecule has 0 radical (unpaired) electrons. The van der Waals surface area contributed by atoms with E-state index >= 15 is 0 Å². The number of carbonyl (C=O) groups excluding carboxylic acids is 2. The van der Waals surface area contributed by atoms with Gasteiger partial charge in [0, 0.05) is 20.5 Å². The van der Waals surface area contributed by atoms with Crippen LogP contribution in [0.3, 0.4) is 0 Å². The molecule has 0 saturated carbocycles. The lowest BCUT2D eigenvalue weighted by Gasteiger charge is -2.26. The van der Waals surface area contributed by atoms with Gasteiger partial charge >= 0.3 is 0 Å². The minimum absolute atomic E-state index is 0.0869. The van der Waals surface area contributed by atoms with E-state index in [0.29, 0.717) is 22.4 Å². The highest BCUT2D eigenvalue weighted by Crippen LogP contribution is 2.38. The van der Waals surface area contributed by atoms with Gasteiger partial charge in [0.25, 0.3) is 11.9 Å². The summed E-state index contributed by atoms with van der Waals surface area (Å²) in [5, 5.41) is 3.09. The minimum Gasteiger partial charge on any atom is -0.418 e. The smallest absolute Gasteiger partial charge is 0.297 e. The Morgan fingerprint density at radius 3 is 2.78 bits per heavy atom. The van der Waals surface area contributed by atoms with Gasteiger partial charge in [0.1, 0.15) is 0 Å². The third-order valence-corrected chi connectivity index (χ3v) is 4.61. The molecule has 2 aromatic heterocycles. The second kappa shape index (κ2) is 5.45. The van der Waals surface area contributed by atoms with E-state index in [1.807, 2.05) is 13.8 Å². The summed E-state index contributed by atoms with van der Waals surface area (Å²) in [5.74, 6) is -0.235. The monoisotopic (exact) mass is 334 g/mol. The highest BCUT2D eigenvalue weighted by molar-refractivity contribution is 7.17. The first-order valence-corrected chi connectivity index (χ1v) is 8.04. The maximum atomic E-state index is 12.2. The first-order chi connectivity index (χ1) is 10.7. The maximum absolute atomic E-state index is 12.2. The fourth-order valence-electron chi connectivity index (χ4n) is 2.51. The van der Waals surface area contributed by atoms with Gasteiger partial charge in [-0.1, -0.05) is 25.2 Å². The van der Waals surface area contributed by atoms with Crippen LogP contribution in [0.25, 0.3) is 0 Å². The van der Waals surface area contributed by atoms with Crippen molar-refractivity contribution in [2.24, 2.45) is 5.41 Å². The van der Waals surface area contributed by atoms with E-state index in [1.54, 1.807) is 19.0 Å². The highest BCUT2D eigenvalue weighted by atomic mass is 32.1. The maximum Gasteiger partial charge on any atom is 0.297 e. The summed E-state index contributed by atoms with van der Waals surface area (Å²) >= 11 is 1.22. The number of ketones is 1. The molecule has 0 spiro atoms. The average molecular weight is 334 g/mol. The molecule has 2 heterocycles. The van der Waals surface area contributed by atoms with Crippen LogP contribution in [-0.2, 0) is 6.42 Å². The van der Waals surface area contributed by atoms with Crippen LogP contribution in [0.2, 0.25) is 0 Å². The van der Waals surface area contributed by atoms with E-state index in [4.69, 9.17) is 4.42 Å². The topological polar surface area (TPSA) is 88.3 Å². The van der Waals surface area contributed by atoms with Gasteiger partial charge in [0.2, 0.25) is 5.76 Å². The van der Waals surface area contributed by atoms with Crippen molar-refractivity contribution < 1.29 is 14.0 Å². The van der Waals surface area contributed by atoms with Gasteiger partial charge in [-0.25, -0.2) is 9.97 Å². The third kappa shape index (κ3) is 3.12. The summed E-state index contributed by atoms with van der Waals surface area (Å²) in [6.45, 7) is 4.09. The molecule has 1 amide bonds. The van der Waals surface area contributed by atoms with Gasteiger partial charge in [-0.3, -0.25) is 14.9 Å². The van der Waals surface area contributed by atoms with Gasteiger partial charge in [-0.05, 0) is 11.8 Å². The number of nitrogens with one attached hydrogen (secondary N) is 1. The molecule has 0 saturated heterocycles. The number of amides is 1. The summed E-state index contributed by atoms with van der Waals surface area (Å²) in [6, 6.07) is 0.352. The van der Waals surface area contributed by atoms with Gasteiger partial charge in [0.05, 0.1) is 16.8 Å². The number of hydrogen-bond acceptors (Lipinski definition) is 7. The number of Topliss-reactive ketones (excluding diaryl/α,β-unsaturated/α-hetero) is 1. The van der Waals surface area contributed by atoms with Crippen LogP contribution in [0.15, 0.2) is 10.6 Å². The molecule has 23 heavy (non-hydrogen) atoms. The van der Waals surface area contributed by atoms with Crippen molar-refractivity contribution >= 4 is 34.2 Å². The van der Waals surface area contributed by atoms with Gasteiger partial charge in [-0.15, -0.1) is 0 Å². The number of anilines is 2.